The fourth-order valence-electron chi connectivity index (χ4n) is 3.60. The average molecular weight is 237 g/mol. The van der Waals surface area contributed by atoms with Crippen LogP contribution in [0.1, 0.15) is 20.3 Å². The topological polar surface area (TPSA) is 35.6 Å². The lowest BCUT2D eigenvalue weighted by Crippen LogP contribution is -2.52. The maximum absolute atomic E-state index is 12.1. The minimum atomic E-state index is 0.175. The number of carbonyl (C=O) groups is 1. The van der Waals surface area contributed by atoms with Crippen LogP contribution in [-0.4, -0.2) is 60.5 Å². The van der Waals surface area contributed by atoms with Crippen molar-refractivity contribution in [3.63, 3.8) is 0 Å². The van der Waals surface area contributed by atoms with Gasteiger partial charge in [0.25, 0.3) is 0 Å². The number of amides is 1. The summed E-state index contributed by atoms with van der Waals surface area (Å²) in [5, 5.41) is 3.48. The molecular formula is C13H23N3O. The number of nitrogens with one attached hydrogen (secondary N) is 1. The highest BCUT2D eigenvalue weighted by atomic mass is 16.2. The molecule has 2 atom stereocenters. The molecule has 0 aromatic rings. The second-order valence-corrected chi connectivity index (χ2v) is 6.29. The van der Waals surface area contributed by atoms with Gasteiger partial charge in [-0.25, -0.2) is 0 Å². The Bertz CT molecular complexity index is 325. The van der Waals surface area contributed by atoms with Crippen LogP contribution in [-0.2, 0) is 4.79 Å². The third-order valence-corrected chi connectivity index (χ3v) is 5.05. The van der Waals surface area contributed by atoms with Crippen molar-refractivity contribution in [3.8, 4) is 0 Å². The van der Waals surface area contributed by atoms with E-state index < -0.39 is 0 Å². The summed E-state index contributed by atoms with van der Waals surface area (Å²) < 4.78 is 0. The molecule has 3 saturated heterocycles. The van der Waals surface area contributed by atoms with E-state index in [1.165, 1.54) is 6.42 Å². The fourth-order valence-corrected chi connectivity index (χ4v) is 3.60. The molecule has 17 heavy (non-hydrogen) atoms. The molecule has 0 aromatic carbocycles. The zero-order valence-corrected chi connectivity index (χ0v) is 10.9. The summed E-state index contributed by atoms with van der Waals surface area (Å²) in [6.07, 6.45) is 1.18. The summed E-state index contributed by atoms with van der Waals surface area (Å²) in [7, 11) is 0. The van der Waals surface area contributed by atoms with E-state index in [4.69, 9.17) is 0 Å². The van der Waals surface area contributed by atoms with Crippen molar-refractivity contribution in [1.29, 1.82) is 0 Å². The molecule has 0 aliphatic carbocycles. The Labute approximate surface area is 103 Å². The number of hydrogen-bond donors (Lipinski definition) is 1. The monoisotopic (exact) mass is 237 g/mol. The van der Waals surface area contributed by atoms with Gasteiger partial charge in [0.05, 0.1) is 6.54 Å². The third kappa shape index (κ3) is 1.78. The Kier molecular flexibility index (Phi) is 2.67. The van der Waals surface area contributed by atoms with Gasteiger partial charge in [0.2, 0.25) is 5.91 Å². The molecule has 0 spiro atoms. The molecule has 0 aromatic heterocycles. The summed E-state index contributed by atoms with van der Waals surface area (Å²) in [6.45, 7) is 10.5. The smallest absolute Gasteiger partial charge is 0.236 e. The van der Waals surface area contributed by atoms with E-state index in [1.807, 2.05) is 4.90 Å². The van der Waals surface area contributed by atoms with Crippen LogP contribution in [0.3, 0.4) is 0 Å². The van der Waals surface area contributed by atoms with Crippen LogP contribution >= 0.6 is 0 Å². The van der Waals surface area contributed by atoms with E-state index in [0.29, 0.717) is 18.4 Å². The first-order valence-corrected chi connectivity index (χ1v) is 6.82. The molecule has 3 aliphatic heterocycles. The molecule has 3 heterocycles. The normalized spacial score (nSPS) is 35.8. The molecule has 0 bridgehead atoms. The van der Waals surface area contributed by atoms with Crippen molar-refractivity contribution in [3.05, 3.63) is 0 Å². The summed E-state index contributed by atoms with van der Waals surface area (Å²) in [5.41, 5.74) is 0.175. The van der Waals surface area contributed by atoms with E-state index in [9.17, 15) is 4.79 Å². The van der Waals surface area contributed by atoms with Gasteiger partial charge < -0.3 is 10.2 Å². The molecule has 4 heteroatoms. The van der Waals surface area contributed by atoms with Crippen molar-refractivity contribution >= 4 is 5.91 Å². The SMILES string of the molecule is CC1(C)C2CNCC2CN1CC(=O)N1CCC1. The molecular weight excluding hydrogens is 214 g/mol. The van der Waals surface area contributed by atoms with Crippen LogP contribution in [0.15, 0.2) is 0 Å². The van der Waals surface area contributed by atoms with E-state index in [1.54, 1.807) is 0 Å². The van der Waals surface area contributed by atoms with Crippen LogP contribution in [0.25, 0.3) is 0 Å². The Hall–Kier alpha value is -0.610. The first kappa shape index (κ1) is 11.5. The quantitative estimate of drug-likeness (QED) is 0.742. The number of nitrogens with zero attached hydrogens (tertiary/aromatic N) is 2. The van der Waals surface area contributed by atoms with Crippen molar-refractivity contribution < 1.29 is 4.79 Å². The Balaban J connectivity index is 1.65. The lowest BCUT2D eigenvalue weighted by atomic mass is 9.85. The zero-order chi connectivity index (χ0) is 12.0. The lowest BCUT2D eigenvalue weighted by molar-refractivity contribution is -0.136. The predicted molar refractivity (Wildman–Crippen MR) is 66.7 cm³/mol. The van der Waals surface area contributed by atoms with Crippen molar-refractivity contribution in [1.82, 2.24) is 15.1 Å². The molecule has 0 radical (unpaired) electrons. The fraction of sp³-hybridized carbons (Fsp3) is 0.923. The summed E-state index contributed by atoms with van der Waals surface area (Å²) in [4.78, 5) is 16.5. The van der Waals surface area contributed by atoms with Crippen molar-refractivity contribution in [2.75, 3.05) is 39.3 Å². The molecule has 1 N–H and O–H groups in total. The Morgan fingerprint density at radius 3 is 2.71 bits per heavy atom. The van der Waals surface area contributed by atoms with Gasteiger partial charge in [-0.2, -0.15) is 0 Å². The summed E-state index contributed by atoms with van der Waals surface area (Å²) >= 11 is 0. The minimum Gasteiger partial charge on any atom is -0.341 e. The second kappa shape index (κ2) is 3.95. The molecule has 3 fully saturated rings. The number of hydrogen-bond acceptors (Lipinski definition) is 3. The molecule has 3 rings (SSSR count). The van der Waals surface area contributed by atoms with E-state index in [0.717, 1.165) is 38.6 Å². The van der Waals surface area contributed by atoms with Gasteiger partial charge in [0, 0.05) is 31.7 Å². The highest BCUT2D eigenvalue weighted by Crippen LogP contribution is 2.40. The summed E-state index contributed by atoms with van der Waals surface area (Å²) in [5.74, 6) is 1.79. The van der Waals surface area contributed by atoms with Crippen molar-refractivity contribution in [2.24, 2.45) is 11.8 Å². The molecule has 3 aliphatic rings. The van der Waals surface area contributed by atoms with Crippen LogP contribution < -0.4 is 5.32 Å². The summed E-state index contributed by atoms with van der Waals surface area (Å²) in [6, 6.07) is 0. The van der Waals surface area contributed by atoms with Crippen LogP contribution in [0.4, 0.5) is 0 Å². The van der Waals surface area contributed by atoms with E-state index in [-0.39, 0.29) is 5.54 Å². The average Bonchev–Trinajstić information content (AvgIpc) is 2.69. The van der Waals surface area contributed by atoms with Gasteiger partial charge in [-0.3, -0.25) is 9.69 Å². The van der Waals surface area contributed by atoms with Gasteiger partial charge >= 0.3 is 0 Å². The molecule has 96 valence electrons. The minimum absolute atomic E-state index is 0.175. The van der Waals surface area contributed by atoms with Crippen LogP contribution in [0.5, 0.6) is 0 Å². The third-order valence-electron chi connectivity index (χ3n) is 5.05. The number of fused-ring (bicyclic) bond motifs is 1. The predicted octanol–water partition coefficient (Wildman–Crippen LogP) is 0.149. The van der Waals surface area contributed by atoms with Gasteiger partial charge in [-0.1, -0.05) is 0 Å². The maximum Gasteiger partial charge on any atom is 0.236 e. The second-order valence-electron chi connectivity index (χ2n) is 6.29. The number of likely N-dealkylation sites (tertiary alicyclic amines) is 2. The molecule has 0 saturated carbocycles. The highest BCUT2D eigenvalue weighted by Gasteiger charge is 2.49. The number of rotatable bonds is 2. The molecule has 4 nitrogen and oxygen atoms in total. The van der Waals surface area contributed by atoms with Crippen molar-refractivity contribution in [2.45, 2.75) is 25.8 Å². The highest BCUT2D eigenvalue weighted by molar-refractivity contribution is 5.79. The first-order valence-electron chi connectivity index (χ1n) is 6.82. The standard InChI is InChI=1S/C13H23N3O/c1-13(2)11-7-14-6-10(11)8-16(13)9-12(17)15-4-3-5-15/h10-11,14H,3-9H2,1-2H3. The van der Waals surface area contributed by atoms with Gasteiger partial charge in [-0.15, -0.1) is 0 Å². The number of carbonyl (C=O) groups excluding carboxylic acids is 1. The largest absolute Gasteiger partial charge is 0.341 e. The Morgan fingerprint density at radius 1 is 1.35 bits per heavy atom. The van der Waals surface area contributed by atoms with Crippen LogP contribution in [0.2, 0.25) is 0 Å². The van der Waals surface area contributed by atoms with E-state index >= 15 is 0 Å². The van der Waals surface area contributed by atoms with Gasteiger partial charge in [0.1, 0.15) is 0 Å². The van der Waals surface area contributed by atoms with Gasteiger partial charge in [-0.05, 0) is 38.6 Å². The Morgan fingerprint density at radius 2 is 2.12 bits per heavy atom. The molecule has 2 unspecified atom stereocenters. The zero-order valence-electron chi connectivity index (χ0n) is 10.9. The van der Waals surface area contributed by atoms with Crippen LogP contribution in [0, 0.1) is 11.8 Å². The first-order chi connectivity index (χ1) is 8.09. The maximum atomic E-state index is 12.1. The molecule has 1 amide bonds. The lowest BCUT2D eigenvalue weighted by Gasteiger charge is -2.38. The van der Waals surface area contributed by atoms with E-state index in [2.05, 4.69) is 24.1 Å². The van der Waals surface area contributed by atoms with Gasteiger partial charge in [0.15, 0.2) is 0 Å².